The minimum atomic E-state index is -3.05. The van der Waals surface area contributed by atoms with E-state index in [9.17, 15) is 13.2 Å². The Labute approximate surface area is 166 Å². The van der Waals surface area contributed by atoms with Gasteiger partial charge in [0.2, 0.25) is 5.91 Å². The van der Waals surface area contributed by atoms with E-state index in [-0.39, 0.29) is 28.7 Å². The zero-order valence-electron chi connectivity index (χ0n) is 16.3. The minimum Gasteiger partial charge on any atom is -0.315 e. The third kappa shape index (κ3) is 4.24. The standard InChI is InChI=1S/C20H28N2O3S2/c1-4-7-11-18(23)21-20-22(16-12-27(24,25)13-17(16)26-20)19-14(5-2)9-8-10-15(19)6-3/h8-10,16-17H,4-7,11-13H2,1-3H3/t16-,17+/m0/s1. The van der Waals surface area contributed by atoms with Crippen LogP contribution in [0.2, 0.25) is 0 Å². The van der Waals surface area contributed by atoms with Gasteiger partial charge in [-0.05, 0) is 30.4 Å². The van der Waals surface area contributed by atoms with Crippen molar-refractivity contribution in [3.05, 3.63) is 29.3 Å². The summed E-state index contributed by atoms with van der Waals surface area (Å²) in [4.78, 5) is 18.8. The lowest BCUT2D eigenvalue weighted by atomic mass is 10.0. The van der Waals surface area contributed by atoms with E-state index in [0.29, 0.717) is 11.6 Å². The number of carbonyl (C=O) groups is 1. The molecule has 0 saturated carbocycles. The Bertz CT molecular complexity index is 827. The van der Waals surface area contributed by atoms with Gasteiger partial charge in [0, 0.05) is 17.4 Å². The summed E-state index contributed by atoms with van der Waals surface area (Å²) >= 11 is 1.46. The molecule has 1 aromatic rings. The topological polar surface area (TPSA) is 66.8 Å². The van der Waals surface area contributed by atoms with Crippen LogP contribution in [0.25, 0.3) is 0 Å². The molecule has 5 nitrogen and oxygen atoms in total. The first kappa shape index (κ1) is 20.4. The zero-order valence-corrected chi connectivity index (χ0v) is 17.9. The fourth-order valence-corrected chi connectivity index (χ4v) is 7.76. The SMILES string of the molecule is CCCCC(=O)N=C1S[C@@H]2CS(=O)(=O)C[C@@H]2N1c1c(CC)cccc1CC. The molecular weight excluding hydrogens is 380 g/mol. The molecule has 148 valence electrons. The first-order valence-corrected chi connectivity index (χ1v) is 12.5. The Balaban J connectivity index is 2.07. The Morgan fingerprint density at radius 3 is 2.44 bits per heavy atom. The van der Waals surface area contributed by atoms with Gasteiger partial charge in [-0.3, -0.25) is 4.79 Å². The van der Waals surface area contributed by atoms with E-state index < -0.39 is 9.84 Å². The first-order valence-electron chi connectivity index (χ1n) is 9.78. The molecule has 2 heterocycles. The fourth-order valence-electron chi connectivity index (χ4n) is 3.84. The van der Waals surface area contributed by atoms with Crippen molar-refractivity contribution in [1.29, 1.82) is 0 Å². The number of nitrogens with zero attached hydrogens (tertiary/aromatic N) is 2. The van der Waals surface area contributed by atoms with Crippen LogP contribution >= 0.6 is 11.8 Å². The molecule has 3 rings (SSSR count). The normalized spacial score (nSPS) is 25.1. The first-order chi connectivity index (χ1) is 12.9. The number of fused-ring (bicyclic) bond motifs is 1. The summed E-state index contributed by atoms with van der Waals surface area (Å²) < 4.78 is 24.5. The van der Waals surface area contributed by atoms with Crippen molar-refractivity contribution >= 4 is 38.4 Å². The molecule has 0 unspecified atom stereocenters. The number of hydrogen-bond acceptors (Lipinski definition) is 4. The summed E-state index contributed by atoms with van der Waals surface area (Å²) in [5.74, 6) is 0.185. The molecular formula is C20H28N2O3S2. The van der Waals surface area contributed by atoms with E-state index in [4.69, 9.17) is 0 Å². The fraction of sp³-hybridized carbons (Fsp3) is 0.600. The van der Waals surface area contributed by atoms with E-state index in [1.54, 1.807) is 0 Å². The van der Waals surface area contributed by atoms with E-state index in [0.717, 1.165) is 31.4 Å². The lowest BCUT2D eigenvalue weighted by Gasteiger charge is -2.29. The Morgan fingerprint density at radius 1 is 1.19 bits per heavy atom. The van der Waals surface area contributed by atoms with Crippen LogP contribution in [-0.2, 0) is 27.5 Å². The monoisotopic (exact) mass is 408 g/mol. The largest absolute Gasteiger partial charge is 0.315 e. The van der Waals surface area contributed by atoms with Gasteiger partial charge in [-0.1, -0.05) is 57.2 Å². The summed E-state index contributed by atoms with van der Waals surface area (Å²) in [6.45, 7) is 6.26. The molecule has 0 spiro atoms. The molecule has 0 aromatic heterocycles. The molecule has 1 amide bonds. The summed E-state index contributed by atoms with van der Waals surface area (Å²) in [7, 11) is -3.05. The molecule has 2 aliphatic rings. The maximum atomic E-state index is 12.3. The zero-order chi connectivity index (χ0) is 19.6. The Morgan fingerprint density at radius 2 is 1.85 bits per heavy atom. The molecule has 0 bridgehead atoms. The predicted octanol–water partition coefficient (Wildman–Crippen LogP) is 3.60. The quantitative estimate of drug-likeness (QED) is 0.719. The number of carbonyl (C=O) groups excluding carboxylic acids is 1. The lowest BCUT2D eigenvalue weighted by molar-refractivity contribution is -0.117. The second kappa shape index (κ2) is 8.35. The smallest absolute Gasteiger partial charge is 0.248 e. The molecule has 0 radical (unpaired) electrons. The highest BCUT2D eigenvalue weighted by molar-refractivity contribution is 8.16. The van der Waals surface area contributed by atoms with Crippen molar-refractivity contribution in [3.63, 3.8) is 0 Å². The second-order valence-corrected chi connectivity index (χ2v) is 10.6. The molecule has 0 N–H and O–H groups in total. The number of aliphatic imine (C=N–C) groups is 1. The van der Waals surface area contributed by atoms with Crippen molar-refractivity contribution in [2.75, 3.05) is 16.4 Å². The van der Waals surface area contributed by atoms with Crippen LogP contribution in [-0.4, -0.2) is 42.3 Å². The second-order valence-electron chi connectivity index (χ2n) is 7.19. The van der Waals surface area contributed by atoms with Gasteiger partial charge in [0.25, 0.3) is 0 Å². The van der Waals surface area contributed by atoms with Crippen molar-refractivity contribution in [3.8, 4) is 0 Å². The van der Waals surface area contributed by atoms with Gasteiger partial charge in [0.1, 0.15) is 0 Å². The van der Waals surface area contributed by atoms with Gasteiger partial charge >= 0.3 is 0 Å². The maximum absolute atomic E-state index is 12.3. The summed E-state index contributed by atoms with van der Waals surface area (Å²) in [5.41, 5.74) is 3.41. The third-order valence-corrected chi connectivity index (χ3v) is 8.45. The molecule has 2 saturated heterocycles. The summed E-state index contributed by atoms with van der Waals surface area (Å²) in [5, 5.41) is 0.624. The maximum Gasteiger partial charge on any atom is 0.248 e. The number of sulfone groups is 1. The molecule has 27 heavy (non-hydrogen) atoms. The van der Waals surface area contributed by atoms with Gasteiger partial charge < -0.3 is 4.90 Å². The van der Waals surface area contributed by atoms with Crippen molar-refractivity contribution < 1.29 is 13.2 Å². The van der Waals surface area contributed by atoms with Crippen LogP contribution in [0.15, 0.2) is 23.2 Å². The molecule has 0 aliphatic carbocycles. The van der Waals surface area contributed by atoms with Gasteiger partial charge in [0.15, 0.2) is 15.0 Å². The number of amidine groups is 1. The van der Waals surface area contributed by atoms with Gasteiger partial charge in [-0.25, -0.2) is 8.42 Å². The van der Waals surface area contributed by atoms with Gasteiger partial charge in [-0.2, -0.15) is 4.99 Å². The van der Waals surface area contributed by atoms with E-state index >= 15 is 0 Å². The van der Waals surface area contributed by atoms with E-state index in [1.165, 1.54) is 22.9 Å². The molecule has 7 heteroatoms. The number of amides is 1. The highest BCUT2D eigenvalue weighted by atomic mass is 32.2. The third-order valence-electron chi connectivity index (χ3n) is 5.24. The van der Waals surface area contributed by atoms with Crippen LogP contribution in [0.1, 0.15) is 51.2 Å². The summed E-state index contributed by atoms with van der Waals surface area (Å²) in [6, 6.07) is 6.09. The number of anilines is 1. The number of hydrogen-bond donors (Lipinski definition) is 0. The Kier molecular flexibility index (Phi) is 6.31. The van der Waals surface area contributed by atoms with Crippen LogP contribution in [0.3, 0.4) is 0 Å². The Hall–Kier alpha value is -1.34. The number of unbranched alkanes of at least 4 members (excludes halogenated alkanes) is 1. The minimum absolute atomic E-state index is 0.0534. The number of benzene rings is 1. The number of rotatable bonds is 6. The number of para-hydroxylation sites is 1. The molecule has 1 aromatic carbocycles. The van der Waals surface area contributed by atoms with Crippen LogP contribution in [0.5, 0.6) is 0 Å². The van der Waals surface area contributed by atoms with Crippen LogP contribution in [0, 0.1) is 0 Å². The number of thioether (sulfide) groups is 1. The van der Waals surface area contributed by atoms with Crippen molar-refractivity contribution in [2.45, 2.75) is 64.2 Å². The van der Waals surface area contributed by atoms with Crippen LogP contribution in [0.4, 0.5) is 5.69 Å². The average Bonchev–Trinajstić information content (AvgIpc) is 3.09. The van der Waals surface area contributed by atoms with Gasteiger partial charge in [0.05, 0.1) is 17.5 Å². The number of aryl methyl sites for hydroxylation is 2. The average molecular weight is 409 g/mol. The highest BCUT2D eigenvalue weighted by Gasteiger charge is 2.50. The van der Waals surface area contributed by atoms with Crippen LogP contribution < -0.4 is 4.90 Å². The van der Waals surface area contributed by atoms with Gasteiger partial charge in [-0.15, -0.1) is 0 Å². The predicted molar refractivity (Wildman–Crippen MR) is 113 cm³/mol. The molecule has 2 aliphatic heterocycles. The molecule has 2 atom stereocenters. The molecule has 2 fully saturated rings. The van der Waals surface area contributed by atoms with E-state index in [2.05, 4.69) is 48.9 Å². The van der Waals surface area contributed by atoms with Crippen molar-refractivity contribution in [2.24, 2.45) is 4.99 Å². The highest BCUT2D eigenvalue weighted by Crippen LogP contribution is 2.43. The van der Waals surface area contributed by atoms with E-state index in [1.807, 2.05) is 0 Å². The summed E-state index contributed by atoms with van der Waals surface area (Å²) in [6.07, 6.45) is 3.93. The lowest BCUT2D eigenvalue weighted by Crippen LogP contribution is -2.39. The van der Waals surface area contributed by atoms with Crippen molar-refractivity contribution in [1.82, 2.24) is 0 Å².